The molecule has 0 aliphatic heterocycles. The third-order valence-electron chi connectivity index (χ3n) is 5.33. The number of thiazole rings is 1. The monoisotopic (exact) mass is 487 g/mol. The molecule has 0 bridgehead atoms. The molecule has 0 aliphatic rings. The fourth-order valence-electron chi connectivity index (χ4n) is 3.38. The Hall–Kier alpha value is -2.39. The summed E-state index contributed by atoms with van der Waals surface area (Å²) >= 11 is 2.87. The maximum Gasteiger partial charge on any atom is 0.239 e. The van der Waals surface area contributed by atoms with Crippen LogP contribution in [-0.4, -0.2) is 30.9 Å². The number of carbonyl (C=O) groups excluding carboxylic acids is 1. The molecular formula is C24H33N5O2S2. The fraction of sp³-hybridized carbons (Fsp3) is 0.500. The van der Waals surface area contributed by atoms with Crippen LogP contribution in [-0.2, 0) is 4.79 Å². The summed E-state index contributed by atoms with van der Waals surface area (Å²) in [6, 6.07) is 8.20. The molecule has 0 radical (unpaired) electrons. The van der Waals surface area contributed by atoms with Gasteiger partial charge in [0.15, 0.2) is 22.2 Å². The predicted octanol–water partition coefficient (Wildman–Crippen LogP) is 6.32. The Bertz CT molecular complexity index is 1090. The van der Waals surface area contributed by atoms with E-state index in [1.807, 2.05) is 45.9 Å². The van der Waals surface area contributed by atoms with Crippen molar-refractivity contribution < 1.29 is 9.53 Å². The van der Waals surface area contributed by atoms with Crippen molar-refractivity contribution in [2.75, 3.05) is 5.32 Å². The van der Waals surface area contributed by atoms with Crippen molar-refractivity contribution in [1.29, 1.82) is 0 Å². The van der Waals surface area contributed by atoms with E-state index in [1.165, 1.54) is 23.1 Å². The van der Waals surface area contributed by atoms with Crippen molar-refractivity contribution in [3.8, 4) is 5.75 Å². The first kappa shape index (κ1) is 25.2. The molecule has 0 aliphatic carbocycles. The Balaban J connectivity index is 1.77. The standard InChI is InChI=1S/C24H33N5O2S2/c1-13(2)19-11-9-10-12-20(19)31-16(6)21-27-28-24(29(21)14(3)4)33-18(8)22(30)26-23-25-15(5)17(7)32-23/h9-14,16,18H,1-8H3,(H,25,26,30). The molecule has 2 unspecified atom stereocenters. The lowest BCUT2D eigenvalue weighted by molar-refractivity contribution is -0.115. The molecular weight excluding hydrogens is 454 g/mol. The number of carbonyl (C=O) groups is 1. The highest BCUT2D eigenvalue weighted by Gasteiger charge is 2.26. The Kier molecular flexibility index (Phi) is 8.18. The number of anilines is 1. The van der Waals surface area contributed by atoms with Gasteiger partial charge in [0.05, 0.1) is 10.9 Å². The van der Waals surface area contributed by atoms with E-state index in [0.717, 1.165) is 27.7 Å². The van der Waals surface area contributed by atoms with Crippen molar-refractivity contribution in [2.45, 2.75) is 83.9 Å². The van der Waals surface area contributed by atoms with Gasteiger partial charge in [-0.25, -0.2) is 4.98 Å². The number of benzene rings is 1. The number of hydrogen-bond donors (Lipinski definition) is 1. The molecule has 3 rings (SSSR count). The molecule has 178 valence electrons. The Morgan fingerprint density at radius 2 is 1.79 bits per heavy atom. The summed E-state index contributed by atoms with van der Waals surface area (Å²) in [7, 11) is 0. The number of ether oxygens (including phenoxy) is 1. The Labute approximate surface area is 204 Å². The van der Waals surface area contributed by atoms with Crippen molar-refractivity contribution >= 4 is 34.1 Å². The van der Waals surface area contributed by atoms with Crippen LogP contribution in [0.1, 0.15) is 81.6 Å². The molecule has 2 aromatic heterocycles. The van der Waals surface area contributed by atoms with Gasteiger partial charge < -0.3 is 14.6 Å². The van der Waals surface area contributed by atoms with Gasteiger partial charge >= 0.3 is 0 Å². The smallest absolute Gasteiger partial charge is 0.239 e. The number of amides is 1. The zero-order valence-electron chi connectivity index (χ0n) is 20.5. The summed E-state index contributed by atoms with van der Waals surface area (Å²) in [4.78, 5) is 18.3. The SMILES string of the molecule is Cc1nc(NC(=O)C(C)Sc2nnc(C(C)Oc3ccccc3C(C)C)n2C(C)C)sc1C. The molecule has 0 saturated heterocycles. The topological polar surface area (TPSA) is 81.9 Å². The highest BCUT2D eigenvalue weighted by atomic mass is 32.2. The number of rotatable bonds is 9. The second kappa shape index (κ2) is 10.7. The molecule has 1 aromatic carbocycles. The molecule has 3 aromatic rings. The molecule has 7 nitrogen and oxygen atoms in total. The van der Waals surface area contributed by atoms with Crippen LogP contribution < -0.4 is 10.1 Å². The van der Waals surface area contributed by atoms with Gasteiger partial charge in [-0.05, 0) is 59.1 Å². The molecule has 1 amide bonds. The molecule has 0 saturated carbocycles. The van der Waals surface area contributed by atoms with Gasteiger partial charge in [-0.1, -0.05) is 43.8 Å². The summed E-state index contributed by atoms with van der Waals surface area (Å²) < 4.78 is 8.37. The maximum absolute atomic E-state index is 12.8. The largest absolute Gasteiger partial charge is 0.482 e. The normalized spacial score (nSPS) is 13.4. The van der Waals surface area contributed by atoms with E-state index in [4.69, 9.17) is 4.74 Å². The highest BCUT2D eigenvalue weighted by molar-refractivity contribution is 8.00. The lowest BCUT2D eigenvalue weighted by Crippen LogP contribution is -2.23. The zero-order chi connectivity index (χ0) is 24.3. The third-order valence-corrected chi connectivity index (χ3v) is 7.37. The van der Waals surface area contributed by atoms with E-state index in [9.17, 15) is 4.79 Å². The van der Waals surface area contributed by atoms with E-state index in [1.54, 1.807) is 0 Å². The van der Waals surface area contributed by atoms with Gasteiger partial charge in [-0.2, -0.15) is 0 Å². The van der Waals surface area contributed by atoms with Crippen molar-refractivity contribution in [1.82, 2.24) is 19.7 Å². The van der Waals surface area contributed by atoms with Crippen LogP contribution in [0.2, 0.25) is 0 Å². The maximum atomic E-state index is 12.8. The van der Waals surface area contributed by atoms with Gasteiger partial charge in [0, 0.05) is 10.9 Å². The first-order valence-corrected chi connectivity index (χ1v) is 12.9. The van der Waals surface area contributed by atoms with Crippen molar-refractivity contribution in [3.05, 3.63) is 46.2 Å². The number of aromatic nitrogens is 4. The van der Waals surface area contributed by atoms with Gasteiger partial charge in [0.25, 0.3) is 0 Å². The third kappa shape index (κ3) is 5.95. The number of hydrogen-bond acceptors (Lipinski definition) is 7. The number of nitrogens with one attached hydrogen (secondary N) is 1. The second-order valence-electron chi connectivity index (χ2n) is 8.67. The number of nitrogens with zero attached hydrogens (tertiary/aromatic N) is 4. The minimum absolute atomic E-state index is 0.108. The van der Waals surface area contributed by atoms with Gasteiger partial charge in [-0.15, -0.1) is 21.5 Å². The van der Waals surface area contributed by atoms with Gasteiger partial charge in [0.1, 0.15) is 5.75 Å². The summed E-state index contributed by atoms with van der Waals surface area (Å²) in [6.45, 7) is 16.3. The fourth-order valence-corrected chi connectivity index (χ4v) is 5.19. The summed E-state index contributed by atoms with van der Waals surface area (Å²) in [5.41, 5.74) is 2.10. The van der Waals surface area contributed by atoms with E-state index < -0.39 is 0 Å². The quantitative estimate of drug-likeness (QED) is 0.356. The lowest BCUT2D eigenvalue weighted by atomic mass is 10.0. The minimum atomic E-state index is -0.359. The lowest BCUT2D eigenvalue weighted by Gasteiger charge is -2.21. The molecule has 33 heavy (non-hydrogen) atoms. The first-order valence-electron chi connectivity index (χ1n) is 11.2. The molecule has 0 fully saturated rings. The van der Waals surface area contributed by atoms with Crippen LogP contribution in [0.25, 0.3) is 0 Å². The molecule has 1 N–H and O–H groups in total. The van der Waals surface area contributed by atoms with Crippen LogP contribution in [0.15, 0.2) is 29.4 Å². The van der Waals surface area contributed by atoms with Gasteiger partial charge in [-0.3, -0.25) is 4.79 Å². The molecule has 2 heterocycles. The van der Waals surface area contributed by atoms with Crippen LogP contribution in [0, 0.1) is 13.8 Å². The molecule has 9 heteroatoms. The van der Waals surface area contributed by atoms with E-state index in [-0.39, 0.29) is 23.3 Å². The van der Waals surface area contributed by atoms with E-state index >= 15 is 0 Å². The second-order valence-corrected chi connectivity index (χ2v) is 11.2. The Morgan fingerprint density at radius 1 is 1.09 bits per heavy atom. The predicted molar refractivity (Wildman–Crippen MR) is 136 cm³/mol. The summed E-state index contributed by atoms with van der Waals surface area (Å²) in [5, 5.41) is 12.7. The van der Waals surface area contributed by atoms with Crippen LogP contribution in [0.3, 0.4) is 0 Å². The highest BCUT2D eigenvalue weighted by Crippen LogP contribution is 2.33. The zero-order valence-corrected chi connectivity index (χ0v) is 22.2. The van der Waals surface area contributed by atoms with Crippen molar-refractivity contribution in [3.63, 3.8) is 0 Å². The van der Waals surface area contributed by atoms with Gasteiger partial charge in [0.2, 0.25) is 5.91 Å². The average molecular weight is 488 g/mol. The average Bonchev–Trinajstić information content (AvgIpc) is 3.30. The number of thioether (sulfide) groups is 1. The van der Waals surface area contributed by atoms with E-state index in [0.29, 0.717) is 16.2 Å². The summed E-state index contributed by atoms with van der Waals surface area (Å²) in [6.07, 6.45) is -0.292. The van der Waals surface area contributed by atoms with E-state index in [2.05, 4.69) is 58.8 Å². The number of aryl methyl sites for hydroxylation is 2. The van der Waals surface area contributed by atoms with Crippen LogP contribution in [0.4, 0.5) is 5.13 Å². The van der Waals surface area contributed by atoms with Crippen molar-refractivity contribution in [2.24, 2.45) is 0 Å². The number of para-hydroxylation sites is 1. The summed E-state index contributed by atoms with van der Waals surface area (Å²) in [5.74, 6) is 1.84. The van der Waals surface area contributed by atoms with Crippen LogP contribution >= 0.6 is 23.1 Å². The first-order chi connectivity index (χ1) is 15.6. The minimum Gasteiger partial charge on any atom is -0.482 e. The molecule has 2 atom stereocenters. The van der Waals surface area contributed by atoms with Crippen LogP contribution in [0.5, 0.6) is 5.75 Å². The Morgan fingerprint density at radius 3 is 2.39 bits per heavy atom. The molecule has 0 spiro atoms.